The first kappa shape index (κ1) is 18.7. The van der Waals surface area contributed by atoms with E-state index in [1.807, 2.05) is 17.9 Å². The highest BCUT2D eigenvalue weighted by atomic mass is 19.1. The number of rotatable bonds is 6. The highest BCUT2D eigenvalue weighted by Gasteiger charge is 2.44. The molecule has 5 nitrogen and oxygen atoms in total. The van der Waals surface area contributed by atoms with Gasteiger partial charge in [-0.2, -0.15) is 0 Å². The van der Waals surface area contributed by atoms with E-state index in [-0.39, 0.29) is 23.7 Å². The van der Waals surface area contributed by atoms with E-state index in [0.29, 0.717) is 12.5 Å². The molecule has 0 aromatic heterocycles. The monoisotopic (exact) mass is 360 g/mol. The molecule has 1 heterocycles. The number of guanidine groups is 1. The number of carbonyl (C=O) groups excluding carboxylic acids is 1. The molecule has 1 aliphatic carbocycles. The molecule has 0 spiro atoms. The fourth-order valence-corrected chi connectivity index (χ4v) is 3.52. The van der Waals surface area contributed by atoms with Crippen molar-refractivity contribution < 1.29 is 9.18 Å². The quantitative estimate of drug-likeness (QED) is 0.605. The lowest BCUT2D eigenvalue weighted by molar-refractivity contribution is -0.130. The molecule has 0 atom stereocenters. The predicted molar refractivity (Wildman–Crippen MR) is 102 cm³/mol. The lowest BCUT2D eigenvalue weighted by atomic mass is 9.96. The SMILES string of the molecule is CCNC(=NCC(=O)N1CCCCC1)NCC1(c2cccc(F)c2)CC1. The molecule has 0 unspecified atom stereocenters. The van der Waals surface area contributed by atoms with Crippen LogP contribution in [0.25, 0.3) is 0 Å². The van der Waals surface area contributed by atoms with Crippen molar-refractivity contribution in [2.45, 2.75) is 44.4 Å². The van der Waals surface area contributed by atoms with E-state index < -0.39 is 0 Å². The van der Waals surface area contributed by atoms with Crippen LogP contribution in [-0.2, 0) is 10.2 Å². The second kappa shape index (κ2) is 8.52. The number of hydrogen-bond acceptors (Lipinski definition) is 2. The molecule has 0 bridgehead atoms. The predicted octanol–water partition coefficient (Wildman–Crippen LogP) is 2.42. The van der Waals surface area contributed by atoms with Gasteiger partial charge >= 0.3 is 0 Å². The zero-order chi connectivity index (χ0) is 18.4. The van der Waals surface area contributed by atoms with Crippen LogP contribution in [-0.4, -0.2) is 49.5 Å². The zero-order valence-corrected chi connectivity index (χ0v) is 15.6. The average molecular weight is 360 g/mol. The molecule has 6 heteroatoms. The van der Waals surface area contributed by atoms with Gasteiger partial charge in [0.05, 0.1) is 0 Å². The van der Waals surface area contributed by atoms with Gasteiger partial charge in [0.2, 0.25) is 5.91 Å². The van der Waals surface area contributed by atoms with Crippen molar-refractivity contribution >= 4 is 11.9 Å². The van der Waals surface area contributed by atoms with Crippen molar-refractivity contribution in [2.24, 2.45) is 4.99 Å². The molecule has 0 radical (unpaired) electrons. The normalized spacial score (nSPS) is 19.2. The highest BCUT2D eigenvalue weighted by Crippen LogP contribution is 2.47. The Hall–Kier alpha value is -2.11. The third kappa shape index (κ3) is 4.74. The Morgan fingerprint density at radius 2 is 2.00 bits per heavy atom. The van der Waals surface area contributed by atoms with E-state index in [4.69, 9.17) is 0 Å². The number of benzene rings is 1. The summed E-state index contributed by atoms with van der Waals surface area (Å²) >= 11 is 0. The number of nitrogens with one attached hydrogen (secondary N) is 2. The fraction of sp³-hybridized carbons (Fsp3) is 0.600. The van der Waals surface area contributed by atoms with Crippen LogP contribution in [0, 0.1) is 5.82 Å². The summed E-state index contributed by atoms with van der Waals surface area (Å²) in [6.45, 7) is 5.30. The van der Waals surface area contributed by atoms with Gasteiger partial charge in [-0.3, -0.25) is 4.79 Å². The molecule has 1 aliphatic heterocycles. The minimum absolute atomic E-state index is 0.0187. The summed E-state index contributed by atoms with van der Waals surface area (Å²) < 4.78 is 13.5. The molecule has 26 heavy (non-hydrogen) atoms. The third-order valence-electron chi connectivity index (χ3n) is 5.31. The Morgan fingerprint density at radius 1 is 1.23 bits per heavy atom. The van der Waals surface area contributed by atoms with Crippen LogP contribution in [0.2, 0.25) is 0 Å². The van der Waals surface area contributed by atoms with Gasteiger partial charge in [-0.25, -0.2) is 9.38 Å². The molecular formula is C20H29FN4O. The average Bonchev–Trinajstić information content (AvgIpc) is 3.46. The van der Waals surface area contributed by atoms with Crippen molar-refractivity contribution in [3.05, 3.63) is 35.6 Å². The van der Waals surface area contributed by atoms with E-state index in [2.05, 4.69) is 15.6 Å². The van der Waals surface area contributed by atoms with Gasteiger partial charge in [0.25, 0.3) is 0 Å². The molecule has 3 rings (SSSR count). The van der Waals surface area contributed by atoms with Crippen molar-refractivity contribution in [1.82, 2.24) is 15.5 Å². The van der Waals surface area contributed by atoms with E-state index in [9.17, 15) is 9.18 Å². The Labute approximate surface area is 155 Å². The number of aliphatic imine (C=N–C) groups is 1. The maximum absolute atomic E-state index is 13.5. The maximum Gasteiger partial charge on any atom is 0.244 e. The lowest BCUT2D eigenvalue weighted by Crippen LogP contribution is -2.42. The summed E-state index contributed by atoms with van der Waals surface area (Å²) in [4.78, 5) is 18.7. The van der Waals surface area contributed by atoms with Crippen LogP contribution in [0.4, 0.5) is 4.39 Å². The maximum atomic E-state index is 13.5. The van der Waals surface area contributed by atoms with Crippen molar-refractivity contribution in [3.8, 4) is 0 Å². The number of likely N-dealkylation sites (tertiary alicyclic amines) is 1. The third-order valence-corrected chi connectivity index (χ3v) is 5.31. The van der Waals surface area contributed by atoms with Crippen LogP contribution in [0.3, 0.4) is 0 Å². The van der Waals surface area contributed by atoms with E-state index in [1.54, 1.807) is 12.1 Å². The summed E-state index contributed by atoms with van der Waals surface area (Å²) in [5.74, 6) is 0.551. The minimum Gasteiger partial charge on any atom is -0.357 e. The molecule has 1 saturated carbocycles. The second-order valence-electron chi connectivity index (χ2n) is 7.28. The van der Waals surface area contributed by atoms with Crippen LogP contribution in [0.1, 0.15) is 44.6 Å². The summed E-state index contributed by atoms with van der Waals surface area (Å²) in [6, 6.07) is 6.85. The number of amides is 1. The number of piperidine rings is 1. The standard InChI is InChI=1S/C20H29FN4O/c1-2-22-19(23-14-18(26)25-11-4-3-5-12-25)24-15-20(9-10-20)16-7-6-8-17(21)13-16/h6-8,13H,2-5,9-12,14-15H2,1H3,(H2,22,23,24). The Morgan fingerprint density at radius 3 is 2.65 bits per heavy atom. The number of carbonyl (C=O) groups is 1. The molecule has 1 aromatic carbocycles. The molecule has 1 aromatic rings. The van der Waals surface area contributed by atoms with E-state index in [0.717, 1.165) is 50.9 Å². The van der Waals surface area contributed by atoms with Gasteiger partial charge in [-0.15, -0.1) is 0 Å². The van der Waals surface area contributed by atoms with Crippen LogP contribution >= 0.6 is 0 Å². The van der Waals surface area contributed by atoms with Gasteiger partial charge in [-0.05, 0) is 56.7 Å². The van der Waals surface area contributed by atoms with E-state index >= 15 is 0 Å². The van der Waals surface area contributed by atoms with E-state index in [1.165, 1.54) is 12.5 Å². The molecular weight excluding hydrogens is 331 g/mol. The topological polar surface area (TPSA) is 56.7 Å². The van der Waals surface area contributed by atoms with Gasteiger partial charge in [0.1, 0.15) is 12.4 Å². The van der Waals surface area contributed by atoms with Gasteiger partial charge in [0.15, 0.2) is 5.96 Å². The molecule has 1 saturated heterocycles. The summed E-state index contributed by atoms with van der Waals surface area (Å²) in [7, 11) is 0. The molecule has 2 fully saturated rings. The zero-order valence-electron chi connectivity index (χ0n) is 15.6. The van der Waals surface area contributed by atoms with Crippen molar-refractivity contribution in [2.75, 3.05) is 32.7 Å². The highest BCUT2D eigenvalue weighted by molar-refractivity contribution is 5.85. The molecule has 1 amide bonds. The summed E-state index contributed by atoms with van der Waals surface area (Å²) in [5, 5.41) is 6.54. The van der Waals surface area contributed by atoms with Gasteiger partial charge in [0, 0.05) is 31.6 Å². The number of nitrogens with zero attached hydrogens (tertiary/aromatic N) is 2. The first-order valence-corrected chi connectivity index (χ1v) is 9.69. The smallest absolute Gasteiger partial charge is 0.244 e. The summed E-state index contributed by atoms with van der Waals surface area (Å²) in [5.41, 5.74) is 1.01. The van der Waals surface area contributed by atoms with Crippen LogP contribution < -0.4 is 10.6 Å². The summed E-state index contributed by atoms with van der Waals surface area (Å²) in [6.07, 6.45) is 5.46. The first-order chi connectivity index (χ1) is 12.6. The number of hydrogen-bond donors (Lipinski definition) is 2. The molecule has 142 valence electrons. The van der Waals surface area contributed by atoms with Crippen LogP contribution in [0.5, 0.6) is 0 Å². The van der Waals surface area contributed by atoms with Gasteiger partial charge < -0.3 is 15.5 Å². The Bertz CT molecular complexity index is 651. The van der Waals surface area contributed by atoms with Gasteiger partial charge in [-0.1, -0.05) is 12.1 Å². The Balaban J connectivity index is 1.57. The van der Waals surface area contributed by atoms with Crippen molar-refractivity contribution in [1.29, 1.82) is 0 Å². The fourth-order valence-electron chi connectivity index (χ4n) is 3.52. The number of halogens is 1. The Kier molecular flexibility index (Phi) is 6.12. The minimum atomic E-state index is -0.193. The largest absolute Gasteiger partial charge is 0.357 e. The first-order valence-electron chi connectivity index (χ1n) is 9.69. The molecule has 2 aliphatic rings. The van der Waals surface area contributed by atoms with Crippen molar-refractivity contribution in [3.63, 3.8) is 0 Å². The molecule has 2 N–H and O–H groups in total. The second-order valence-corrected chi connectivity index (χ2v) is 7.28. The van der Waals surface area contributed by atoms with Crippen LogP contribution in [0.15, 0.2) is 29.3 Å². The lowest BCUT2D eigenvalue weighted by Gasteiger charge is -2.26.